The van der Waals surface area contributed by atoms with Crippen LogP contribution in [-0.2, 0) is 4.79 Å². The van der Waals surface area contributed by atoms with E-state index in [1.165, 1.54) is 27.2 Å². The van der Waals surface area contributed by atoms with Crippen LogP contribution in [-0.4, -0.2) is 25.8 Å². The second kappa shape index (κ2) is 7.53. The molecule has 0 fully saturated rings. The summed E-state index contributed by atoms with van der Waals surface area (Å²) in [6.07, 6.45) is 1.32. The van der Waals surface area contributed by atoms with Crippen LogP contribution in [0.15, 0.2) is 28.9 Å². The molecule has 0 spiro atoms. The van der Waals surface area contributed by atoms with Gasteiger partial charge in [-0.05, 0) is 25.1 Å². The van der Waals surface area contributed by atoms with Crippen LogP contribution in [0.3, 0.4) is 0 Å². The van der Waals surface area contributed by atoms with Gasteiger partial charge in [0.05, 0.1) is 25.5 Å². The molecule has 3 rings (SSSR count). The number of rotatable bonds is 4. The Morgan fingerprint density at radius 2 is 1.52 bits per heavy atom. The first kappa shape index (κ1) is 20.3. The lowest BCUT2D eigenvalue weighted by molar-refractivity contribution is -0.114. The van der Waals surface area contributed by atoms with Crippen molar-refractivity contribution in [3.05, 3.63) is 58.4 Å². The minimum absolute atomic E-state index is 0.0109. The Bertz CT molecular complexity index is 1050. The molecule has 5 nitrogen and oxygen atoms in total. The fourth-order valence-corrected chi connectivity index (χ4v) is 2.71. The lowest BCUT2D eigenvalue weighted by Gasteiger charge is -2.15. The van der Waals surface area contributed by atoms with Gasteiger partial charge in [-0.25, -0.2) is 22.0 Å². The highest BCUT2D eigenvalue weighted by Crippen LogP contribution is 2.35. The molecule has 0 saturated carbocycles. The number of carbonyl (C=O) groups is 1. The zero-order chi connectivity index (χ0) is 21.5. The van der Waals surface area contributed by atoms with Crippen LogP contribution in [0, 0.1) is 29.1 Å². The number of hydrogen-bond donors (Lipinski definition) is 0. The Labute approximate surface area is 161 Å². The van der Waals surface area contributed by atoms with Gasteiger partial charge in [-0.3, -0.25) is 4.79 Å². The quantitative estimate of drug-likeness (QED) is 0.327. The molecule has 29 heavy (non-hydrogen) atoms. The van der Waals surface area contributed by atoms with Gasteiger partial charge in [0, 0.05) is 11.6 Å². The summed E-state index contributed by atoms with van der Waals surface area (Å²) in [6, 6.07) is 4.69. The summed E-state index contributed by atoms with van der Waals surface area (Å²) < 4.78 is 78.7. The van der Waals surface area contributed by atoms with Gasteiger partial charge in [0.25, 0.3) is 5.91 Å². The van der Waals surface area contributed by atoms with E-state index in [9.17, 15) is 26.7 Å². The molecule has 2 aromatic rings. The number of hydrazone groups is 1. The predicted molar refractivity (Wildman–Crippen MR) is 94.3 cm³/mol. The standard InChI is InChI=1S/C19H13F5N2O3/c1-8-11(6-9-4-5-10(28-2)7-12(9)29-3)19(27)26(25-8)18-16(23)14(21)13(20)15(22)17(18)24/h4-7H,1-3H3. The third-order valence-corrected chi connectivity index (χ3v) is 4.20. The molecule has 1 aliphatic rings. The minimum Gasteiger partial charge on any atom is -0.497 e. The van der Waals surface area contributed by atoms with E-state index >= 15 is 0 Å². The molecule has 0 radical (unpaired) electrons. The fraction of sp³-hybridized carbons (Fsp3) is 0.158. The first-order chi connectivity index (χ1) is 13.7. The Balaban J connectivity index is 2.09. The monoisotopic (exact) mass is 412 g/mol. The largest absolute Gasteiger partial charge is 0.497 e. The molecular weight excluding hydrogens is 399 g/mol. The normalized spacial score (nSPS) is 15.2. The van der Waals surface area contributed by atoms with Crippen molar-refractivity contribution in [1.82, 2.24) is 0 Å². The van der Waals surface area contributed by atoms with Crippen molar-refractivity contribution < 1.29 is 36.2 Å². The first-order valence-electron chi connectivity index (χ1n) is 8.06. The maximum absolute atomic E-state index is 14.1. The molecule has 2 aromatic carbocycles. The summed E-state index contributed by atoms with van der Waals surface area (Å²) >= 11 is 0. The third kappa shape index (κ3) is 3.30. The van der Waals surface area contributed by atoms with Crippen molar-refractivity contribution in [2.45, 2.75) is 6.92 Å². The van der Waals surface area contributed by atoms with E-state index < -0.39 is 40.7 Å². The molecule has 1 amide bonds. The zero-order valence-electron chi connectivity index (χ0n) is 15.3. The molecule has 0 unspecified atom stereocenters. The minimum atomic E-state index is -2.32. The van der Waals surface area contributed by atoms with Gasteiger partial charge in [-0.15, -0.1) is 0 Å². The molecule has 0 N–H and O–H groups in total. The van der Waals surface area contributed by atoms with Gasteiger partial charge in [0.15, 0.2) is 23.3 Å². The Hall–Kier alpha value is -3.43. The Morgan fingerprint density at radius 1 is 0.931 bits per heavy atom. The number of carbonyl (C=O) groups excluding carboxylic acids is 1. The SMILES string of the molecule is COc1ccc(C=C2C(=O)N(c3c(F)c(F)c(F)c(F)c3F)N=C2C)c(OC)c1. The van der Waals surface area contributed by atoms with Crippen molar-refractivity contribution in [2.24, 2.45) is 5.10 Å². The Kier molecular flexibility index (Phi) is 5.27. The topological polar surface area (TPSA) is 51.1 Å². The van der Waals surface area contributed by atoms with Crippen LogP contribution in [0.5, 0.6) is 11.5 Å². The van der Waals surface area contributed by atoms with Gasteiger partial charge in [-0.1, -0.05) is 0 Å². The van der Waals surface area contributed by atoms with Crippen molar-refractivity contribution in [3.63, 3.8) is 0 Å². The van der Waals surface area contributed by atoms with E-state index in [-0.39, 0.29) is 16.3 Å². The molecule has 152 valence electrons. The predicted octanol–water partition coefficient (Wildman–Crippen LogP) is 4.21. The van der Waals surface area contributed by atoms with Crippen LogP contribution < -0.4 is 14.5 Å². The first-order valence-corrected chi connectivity index (χ1v) is 8.06. The maximum atomic E-state index is 14.1. The van der Waals surface area contributed by atoms with Crippen molar-refractivity contribution in [1.29, 1.82) is 0 Å². The van der Waals surface area contributed by atoms with E-state index in [2.05, 4.69) is 5.10 Å². The zero-order valence-corrected chi connectivity index (χ0v) is 15.3. The summed E-state index contributed by atoms with van der Waals surface area (Å²) in [4.78, 5) is 12.7. The number of anilines is 1. The van der Waals surface area contributed by atoms with Crippen LogP contribution >= 0.6 is 0 Å². The fourth-order valence-electron chi connectivity index (χ4n) is 2.71. The highest BCUT2D eigenvalue weighted by atomic mass is 19.2. The van der Waals surface area contributed by atoms with Gasteiger partial charge < -0.3 is 9.47 Å². The van der Waals surface area contributed by atoms with Crippen molar-refractivity contribution in [2.75, 3.05) is 19.2 Å². The molecule has 10 heteroatoms. The smallest absolute Gasteiger partial charge is 0.280 e. The molecular formula is C19H13F5N2O3. The van der Waals surface area contributed by atoms with Gasteiger partial charge >= 0.3 is 0 Å². The lowest BCUT2D eigenvalue weighted by Crippen LogP contribution is -2.25. The number of nitrogens with zero attached hydrogens (tertiary/aromatic N) is 2. The highest BCUT2D eigenvalue weighted by Gasteiger charge is 2.37. The molecule has 0 aromatic heterocycles. The molecule has 1 heterocycles. The second-order valence-electron chi connectivity index (χ2n) is 5.89. The third-order valence-electron chi connectivity index (χ3n) is 4.20. The Morgan fingerprint density at radius 3 is 2.07 bits per heavy atom. The average Bonchev–Trinajstić information content (AvgIpc) is 2.99. The van der Waals surface area contributed by atoms with Crippen LogP contribution in [0.4, 0.5) is 27.6 Å². The van der Waals surface area contributed by atoms with Crippen LogP contribution in [0.25, 0.3) is 6.08 Å². The van der Waals surface area contributed by atoms with E-state index in [0.29, 0.717) is 17.1 Å². The molecule has 0 atom stereocenters. The van der Waals surface area contributed by atoms with Crippen LogP contribution in [0.2, 0.25) is 0 Å². The van der Waals surface area contributed by atoms with E-state index in [1.54, 1.807) is 18.2 Å². The average molecular weight is 412 g/mol. The van der Waals surface area contributed by atoms with Gasteiger partial charge in [-0.2, -0.15) is 10.1 Å². The molecule has 1 aliphatic heterocycles. The summed E-state index contributed by atoms with van der Waals surface area (Å²) in [5.41, 5.74) is -1.14. The number of methoxy groups -OCH3 is 2. The number of benzene rings is 2. The highest BCUT2D eigenvalue weighted by molar-refractivity contribution is 6.32. The lowest BCUT2D eigenvalue weighted by atomic mass is 10.1. The van der Waals surface area contributed by atoms with E-state index in [1.807, 2.05) is 0 Å². The summed E-state index contributed by atoms with van der Waals surface area (Å²) in [5.74, 6) is -11.2. The van der Waals surface area contributed by atoms with E-state index in [0.717, 1.165) is 0 Å². The summed E-state index contributed by atoms with van der Waals surface area (Å²) in [5, 5.41) is 3.82. The number of halogens is 5. The summed E-state index contributed by atoms with van der Waals surface area (Å²) in [7, 11) is 2.83. The van der Waals surface area contributed by atoms with Crippen LogP contribution in [0.1, 0.15) is 12.5 Å². The maximum Gasteiger partial charge on any atom is 0.280 e. The van der Waals surface area contributed by atoms with Crippen molar-refractivity contribution >= 4 is 23.4 Å². The van der Waals surface area contributed by atoms with Gasteiger partial charge in [0.1, 0.15) is 17.2 Å². The van der Waals surface area contributed by atoms with Crippen molar-refractivity contribution in [3.8, 4) is 11.5 Å². The number of amides is 1. The van der Waals surface area contributed by atoms with Gasteiger partial charge in [0.2, 0.25) is 5.82 Å². The number of hydrogen-bond acceptors (Lipinski definition) is 4. The van der Waals surface area contributed by atoms with E-state index in [4.69, 9.17) is 9.47 Å². The summed E-state index contributed by atoms with van der Waals surface area (Å²) in [6.45, 7) is 1.35. The molecule has 0 bridgehead atoms. The second-order valence-corrected chi connectivity index (χ2v) is 5.89. The molecule has 0 saturated heterocycles. The molecule has 0 aliphatic carbocycles. The number of ether oxygens (including phenoxy) is 2.